The summed E-state index contributed by atoms with van der Waals surface area (Å²) < 4.78 is 0. The van der Waals surface area contributed by atoms with Gasteiger partial charge in [0.25, 0.3) is 17.7 Å². The van der Waals surface area contributed by atoms with E-state index >= 15 is 0 Å². The number of hydrazine groups is 1. The highest BCUT2D eigenvalue weighted by Gasteiger charge is 2.61. The second-order valence-electron chi connectivity index (χ2n) is 8.67. The molecule has 3 aliphatic rings. The molecule has 168 valence electrons. The highest BCUT2D eigenvalue weighted by molar-refractivity contribution is 6.42. The fourth-order valence-corrected chi connectivity index (χ4v) is 5.55. The summed E-state index contributed by atoms with van der Waals surface area (Å²) in [6, 6.07) is 11.7. The van der Waals surface area contributed by atoms with Gasteiger partial charge >= 0.3 is 0 Å². The third-order valence-corrected chi connectivity index (χ3v) is 7.58. The van der Waals surface area contributed by atoms with Crippen LogP contribution in [0.3, 0.4) is 0 Å². The van der Waals surface area contributed by atoms with E-state index in [0.29, 0.717) is 5.56 Å². The van der Waals surface area contributed by atoms with Crippen molar-refractivity contribution in [1.29, 1.82) is 0 Å². The van der Waals surface area contributed by atoms with Gasteiger partial charge in [-0.1, -0.05) is 65.7 Å². The standard InChI is InChI=1S/C25H20Cl2N2O4/c1-13(22(30)14-5-3-2-4-6-14)28(23(31)17-9-10-18(26)19(27)12-17)29-24(32)20-15-7-8-16(11-15)21(20)25(29)33/h2-10,12-13,15-16,20-21H,11H2,1H3/t13-,15-,16-,20-,21+/m0/s1. The maximum Gasteiger partial charge on any atom is 0.273 e. The quantitative estimate of drug-likeness (QED) is 0.358. The number of amides is 3. The minimum absolute atomic E-state index is 0.0245. The minimum Gasteiger partial charge on any atom is -0.292 e. The lowest BCUT2D eigenvalue weighted by Gasteiger charge is -2.35. The van der Waals surface area contributed by atoms with E-state index in [1.165, 1.54) is 25.1 Å². The van der Waals surface area contributed by atoms with Gasteiger partial charge < -0.3 is 0 Å². The largest absolute Gasteiger partial charge is 0.292 e. The Balaban J connectivity index is 1.56. The number of imide groups is 1. The molecule has 1 saturated carbocycles. The summed E-state index contributed by atoms with van der Waals surface area (Å²) in [5.41, 5.74) is 0.494. The van der Waals surface area contributed by atoms with E-state index in [-0.39, 0.29) is 33.2 Å². The van der Waals surface area contributed by atoms with Gasteiger partial charge in [0.05, 0.1) is 21.9 Å². The first-order valence-corrected chi connectivity index (χ1v) is 11.5. The number of hydrogen-bond acceptors (Lipinski definition) is 4. The summed E-state index contributed by atoms with van der Waals surface area (Å²) in [6.45, 7) is 1.52. The van der Waals surface area contributed by atoms with Crippen molar-refractivity contribution >= 4 is 46.7 Å². The third kappa shape index (κ3) is 3.40. The average molecular weight is 483 g/mol. The smallest absolute Gasteiger partial charge is 0.273 e. The number of carbonyl (C=O) groups is 4. The van der Waals surface area contributed by atoms with Crippen molar-refractivity contribution in [3.8, 4) is 0 Å². The molecule has 0 radical (unpaired) electrons. The summed E-state index contributed by atoms with van der Waals surface area (Å²) in [5, 5.41) is 2.32. The van der Waals surface area contributed by atoms with Crippen LogP contribution in [0.4, 0.5) is 0 Å². The lowest BCUT2D eigenvalue weighted by molar-refractivity contribution is -0.157. The van der Waals surface area contributed by atoms with Crippen molar-refractivity contribution in [2.24, 2.45) is 23.7 Å². The van der Waals surface area contributed by atoms with Gasteiger partial charge in [0, 0.05) is 11.1 Å². The number of hydrogen-bond donors (Lipinski definition) is 0. The molecule has 1 saturated heterocycles. The summed E-state index contributed by atoms with van der Waals surface area (Å²) in [7, 11) is 0. The summed E-state index contributed by atoms with van der Waals surface area (Å²) in [4.78, 5) is 53.9. The molecule has 0 N–H and O–H groups in total. The molecule has 0 spiro atoms. The van der Waals surface area contributed by atoms with Gasteiger partial charge in [-0.2, -0.15) is 5.01 Å². The number of rotatable bonds is 5. The summed E-state index contributed by atoms with van der Waals surface area (Å²) in [6.07, 6.45) is 4.72. The number of nitrogens with zero attached hydrogens (tertiary/aromatic N) is 2. The Morgan fingerprint density at radius 3 is 2.09 bits per heavy atom. The fraction of sp³-hybridized carbons (Fsp3) is 0.280. The zero-order valence-electron chi connectivity index (χ0n) is 17.7. The minimum atomic E-state index is -1.10. The number of ketones is 1. The molecule has 2 aliphatic carbocycles. The van der Waals surface area contributed by atoms with Gasteiger partial charge in [-0.3, -0.25) is 19.2 Å². The summed E-state index contributed by atoms with van der Waals surface area (Å²) >= 11 is 12.1. The van der Waals surface area contributed by atoms with Crippen LogP contribution in [-0.2, 0) is 9.59 Å². The molecule has 1 heterocycles. The molecular formula is C25H20Cl2N2O4. The van der Waals surface area contributed by atoms with Gasteiger partial charge in [-0.15, -0.1) is 0 Å². The molecule has 2 bridgehead atoms. The first-order chi connectivity index (χ1) is 15.8. The number of carbonyl (C=O) groups excluding carboxylic acids is 4. The zero-order valence-corrected chi connectivity index (χ0v) is 19.2. The van der Waals surface area contributed by atoms with Crippen LogP contribution < -0.4 is 0 Å². The first kappa shape index (κ1) is 21.9. The fourth-order valence-electron chi connectivity index (χ4n) is 5.25. The van der Waals surface area contributed by atoms with E-state index < -0.39 is 35.6 Å². The maximum absolute atomic E-state index is 13.7. The number of Topliss-reactive ketones (excluding diaryl/α,β-unsaturated/α-hetero) is 1. The molecule has 3 amide bonds. The molecule has 6 nitrogen and oxygen atoms in total. The highest BCUT2D eigenvalue weighted by atomic mass is 35.5. The number of fused-ring (bicyclic) bond motifs is 5. The van der Waals surface area contributed by atoms with Crippen LogP contribution in [0.2, 0.25) is 10.0 Å². The van der Waals surface area contributed by atoms with Gasteiger partial charge in [-0.25, -0.2) is 5.01 Å². The molecule has 0 unspecified atom stereocenters. The average Bonchev–Trinajstić information content (AvgIpc) is 3.51. The molecular weight excluding hydrogens is 463 g/mol. The lowest BCUT2D eigenvalue weighted by Crippen LogP contribution is -2.56. The molecule has 0 aromatic heterocycles. The Bertz CT molecular complexity index is 1180. The van der Waals surface area contributed by atoms with Crippen LogP contribution >= 0.6 is 23.2 Å². The molecule has 5 rings (SSSR count). The molecule has 33 heavy (non-hydrogen) atoms. The topological polar surface area (TPSA) is 74.8 Å². The second kappa shape index (κ2) is 8.12. The van der Waals surface area contributed by atoms with Crippen molar-refractivity contribution < 1.29 is 19.2 Å². The van der Waals surface area contributed by atoms with Crippen LogP contribution in [0.15, 0.2) is 60.7 Å². The lowest BCUT2D eigenvalue weighted by atomic mass is 9.85. The third-order valence-electron chi connectivity index (χ3n) is 6.84. The molecule has 2 aromatic carbocycles. The first-order valence-electron chi connectivity index (χ1n) is 10.7. The Labute approximate surface area is 200 Å². The SMILES string of the molecule is C[C@@H](C(=O)c1ccccc1)N(C(=O)c1ccc(Cl)c(Cl)c1)N1C(=O)[C@@H]2[C@H](C1=O)[C@H]1C=C[C@H]2C1. The predicted molar refractivity (Wildman–Crippen MR) is 122 cm³/mol. The van der Waals surface area contributed by atoms with Gasteiger partial charge in [0.2, 0.25) is 0 Å². The van der Waals surface area contributed by atoms with Crippen LogP contribution in [0.5, 0.6) is 0 Å². The van der Waals surface area contributed by atoms with E-state index in [2.05, 4.69) is 0 Å². The zero-order chi connectivity index (χ0) is 23.4. The van der Waals surface area contributed by atoms with Crippen LogP contribution in [-0.4, -0.2) is 39.6 Å². The number of benzene rings is 2. The van der Waals surface area contributed by atoms with E-state index in [4.69, 9.17) is 23.2 Å². The Kier molecular flexibility index (Phi) is 5.38. The maximum atomic E-state index is 13.7. The normalized spacial score (nSPS) is 26.0. The van der Waals surface area contributed by atoms with Gasteiger partial charge in [-0.05, 0) is 43.4 Å². The predicted octanol–water partition coefficient (Wildman–Crippen LogP) is 4.43. The molecule has 2 aromatic rings. The van der Waals surface area contributed by atoms with E-state index in [9.17, 15) is 19.2 Å². The van der Waals surface area contributed by atoms with E-state index in [1.54, 1.807) is 30.3 Å². The van der Waals surface area contributed by atoms with Crippen molar-refractivity contribution in [3.63, 3.8) is 0 Å². The highest BCUT2D eigenvalue weighted by Crippen LogP contribution is 2.53. The van der Waals surface area contributed by atoms with Gasteiger partial charge in [0.1, 0.15) is 6.04 Å². The van der Waals surface area contributed by atoms with Crippen molar-refractivity contribution in [3.05, 3.63) is 81.9 Å². The van der Waals surface area contributed by atoms with E-state index in [1.807, 2.05) is 12.2 Å². The van der Waals surface area contributed by atoms with Crippen LogP contribution in [0.1, 0.15) is 34.1 Å². The van der Waals surface area contributed by atoms with Crippen molar-refractivity contribution in [1.82, 2.24) is 10.0 Å². The number of allylic oxidation sites excluding steroid dienone is 2. The van der Waals surface area contributed by atoms with Gasteiger partial charge in [0.15, 0.2) is 5.78 Å². The molecule has 8 heteroatoms. The Morgan fingerprint density at radius 1 is 0.909 bits per heavy atom. The Morgan fingerprint density at radius 2 is 1.52 bits per heavy atom. The van der Waals surface area contributed by atoms with Crippen LogP contribution in [0.25, 0.3) is 0 Å². The number of halogens is 2. The molecule has 1 aliphatic heterocycles. The molecule has 5 atom stereocenters. The summed E-state index contributed by atoms with van der Waals surface area (Å²) in [5.74, 6) is -3.00. The Hall–Kier alpha value is -2.96. The van der Waals surface area contributed by atoms with E-state index in [0.717, 1.165) is 16.4 Å². The van der Waals surface area contributed by atoms with Crippen molar-refractivity contribution in [2.75, 3.05) is 0 Å². The monoisotopic (exact) mass is 482 g/mol. The van der Waals surface area contributed by atoms with Crippen molar-refractivity contribution in [2.45, 2.75) is 19.4 Å². The molecule has 2 fully saturated rings. The van der Waals surface area contributed by atoms with Crippen LogP contribution in [0, 0.1) is 23.7 Å². The second-order valence-corrected chi connectivity index (χ2v) is 9.49.